The quantitative estimate of drug-likeness (QED) is 0.576. The van der Waals surface area contributed by atoms with Crippen LogP contribution in [0.5, 0.6) is 11.5 Å². The van der Waals surface area contributed by atoms with Gasteiger partial charge in [-0.2, -0.15) is 4.31 Å². The van der Waals surface area contributed by atoms with Crippen LogP contribution >= 0.6 is 0 Å². The molecule has 8 heteroatoms. The van der Waals surface area contributed by atoms with Crippen LogP contribution in [0.4, 0.5) is 5.69 Å². The van der Waals surface area contributed by atoms with Crippen LogP contribution in [0.15, 0.2) is 77.7 Å². The molecule has 0 saturated heterocycles. The van der Waals surface area contributed by atoms with Crippen molar-refractivity contribution >= 4 is 21.6 Å². The molecule has 3 rings (SSSR count). The minimum Gasteiger partial charge on any atom is -0.497 e. The normalized spacial score (nSPS) is 11.2. The van der Waals surface area contributed by atoms with Gasteiger partial charge in [0.2, 0.25) is 10.0 Å². The molecule has 0 aliphatic heterocycles. The molecule has 0 spiro atoms. The molecule has 0 saturated carbocycles. The van der Waals surface area contributed by atoms with Gasteiger partial charge in [0, 0.05) is 19.3 Å². The maximum absolute atomic E-state index is 12.9. The Bertz CT molecular complexity index is 1150. The number of carbonyl (C=O) groups is 1. The molecular weight excluding hydrogens is 416 g/mol. The molecule has 7 nitrogen and oxygen atoms in total. The number of nitrogens with one attached hydrogen (secondary N) is 1. The highest BCUT2D eigenvalue weighted by Gasteiger charge is 2.21. The first-order valence-electron chi connectivity index (χ1n) is 9.49. The van der Waals surface area contributed by atoms with E-state index >= 15 is 0 Å². The predicted octanol–water partition coefficient (Wildman–Crippen LogP) is 3.78. The molecule has 0 heterocycles. The number of sulfonamides is 1. The topological polar surface area (TPSA) is 84.9 Å². The smallest absolute Gasteiger partial charge is 0.259 e. The first kappa shape index (κ1) is 22.3. The van der Waals surface area contributed by atoms with Crippen molar-refractivity contribution in [2.75, 3.05) is 26.6 Å². The zero-order valence-electron chi connectivity index (χ0n) is 17.5. The summed E-state index contributed by atoms with van der Waals surface area (Å²) >= 11 is 0. The Morgan fingerprint density at radius 2 is 1.61 bits per heavy atom. The van der Waals surface area contributed by atoms with Gasteiger partial charge in [-0.3, -0.25) is 4.79 Å². The maximum Gasteiger partial charge on any atom is 0.259 e. The Labute approximate surface area is 182 Å². The van der Waals surface area contributed by atoms with E-state index < -0.39 is 15.9 Å². The van der Waals surface area contributed by atoms with E-state index in [-0.39, 0.29) is 11.4 Å². The van der Waals surface area contributed by atoms with E-state index in [1.54, 1.807) is 30.3 Å². The van der Waals surface area contributed by atoms with Crippen LogP contribution in [0.1, 0.15) is 15.9 Å². The highest BCUT2D eigenvalue weighted by Crippen LogP contribution is 2.25. The molecule has 0 fully saturated rings. The fourth-order valence-corrected chi connectivity index (χ4v) is 4.16. The van der Waals surface area contributed by atoms with Gasteiger partial charge in [-0.15, -0.1) is 0 Å². The predicted molar refractivity (Wildman–Crippen MR) is 119 cm³/mol. The van der Waals surface area contributed by atoms with E-state index in [0.29, 0.717) is 22.7 Å². The first-order valence-corrected chi connectivity index (χ1v) is 10.9. The SMILES string of the molecule is COc1ccc(OC)c(C(=O)Nc2ccc(S(=O)(=O)N(C)Cc3ccccc3)cc2)c1. The molecule has 1 N–H and O–H groups in total. The Hall–Kier alpha value is -3.36. The standard InChI is InChI=1S/C23H24N2O5S/c1-25(16-17-7-5-4-6-8-17)31(27,28)20-12-9-18(10-13-20)24-23(26)21-15-19(29-2)11-14-22(21)30-3/h4-15H,16H2,1-3H3,(H,24,26). The van der Waals surface area contributed by atoms with Gasteiger partial charge in [-0.25, -0.2) is 8.42 Å². The van der Waals surface area contributed by atoms with Crippen molar-refractivity contribution in [3.63, 3.8) is 0 Å². The van der Waals surface area contributed by atoms with Gasteiger partial charge in [0.1, 0.15) is 11.5 Å². The lowest BCUT2D eigenvalue weighted by Gasteiger charge is -2.17. The van der Waals surface area contributed by atoms with Gasteiger partial charge in [0.05, 0.1) is 24.7 Å². The molecule has 0 aliphatic carbocycles. The average Bonchev–Trinajstić information content (AvgIpc) is 2.79. The zero-order valence-corrected chi connectivity index (χ0v) is 18.3. The van der Waals surface area contributed by atoms with E-state index in [2.05, 4.69) is 5.32 Å². The van der Waals surface area contributed by atoms with Crippen molar-refractivity contribution in [3.8, 4) is 11.5 Å². The van der Waals surface area contributed by atoms with E-state index in [4.69, 9.17) is 9.47 Å². The lowest BCUT2D eigenvalue weighted by molar-refractivity contribution is 0.102. The fraction of sp³-hybridized carbons (Fsp3) is 0.174. The summed E-state index contributed by atoms with van der Waals surface area (Å²) in [5.74, 6) is 0.529. The second-order valence-corrected chi connectivity index (χ2v) is 8.84. The summed E-state index contributed by atoms with van der Waals surface area (Å²) in [7, 11) is 0.852. The molecule has 1 amide bonds. The minimum atomic E-state index is -3.67. The number of ether oxygens (including phenoxy) is 2. The molecule has 0 aliphatic rings. The summed E-state index contributed by atoms with van der Waals surface area (Å²) < 4.78 is 37.4. The summed E-state index contributed by atoms with van der Waals surface area (Å²) in [4.78, 5) is 12.8. The largest absolute Gasteiger partial charge is 0.497 e. The molecule has 0 unspecified atom stereocenters. The number of amides is 1. The van der Waals surface area contributed by atoms with Crippen LogP contribution in [-0.4, -0.2) is 39.9 Å². The van der Waals surface area contributed by atoms with E-state index in [1.165, 1.54) is 37.7 Å². The number of anilines is 1. The van der Waals surface area contributed by atoms with Crippen LogP contribution in [0, 0.1) is 0 Å². The van der Waals surface area contributed by atoms with Gasteiger partial charge in [0.25, 0.3) is 5.91 Å². The molecule has 3 aromatic rings. The van der Waals surface area contributed by atoms with Crippen molar-refractivity contribution in [2.24, 2.45) is 0 Å². The maximum atomic E-state index is 12.9. The van der Waals surface area contributed by atoms with Crippen LogP contribution in [-0.2, 0) is 16.6 Å². The number of nitrogens with zero attached hydrogens (tertiary/aromatic N) is 1. The molecule has 0 aromatic heterocycles. The fourth-order valence-electron chi connectivity index (χ4n) is 3.01. The summed E-state index contributed by atoms with van der Waals surface area (Å²) in [6, 6.07) is 20.3. The van der Waals surface area contributed by atoms with Crippen molar-refractivity contribution in [2.45, 2.75) is 11.4 Å². The van der Waals surface area contributed by atoms with Crippen LogP contribution in [0.3, 0.4) is 0 Å². The second kappa shape index (κ2) is 9.63. The summed E-state index contributed by atoms with van der Waals surface area (Å²) in [6.45, 7) is 0.261. The number of methoxy groups -OCH3 is 2. The Kier molecular flexibility index (Phi) is 6.94. The number of hydrogen-bond donors (Lipinski definition) is 1. The molecule has 0 radical (unpaired) electrons. The van der Waals surface area contributed by atoms with Crippen LogP contribution < -0.4 is 14.8 Å². The first-order chi connectivity index (χ1) is 14.8. The number of rotatable bonds is 8. The third kappa shape index (κ3) is 5.22. The zero-order chi connectivity index (χ0) is 22.4. The van der Waals surface area contributed by atoms with Gasteiger partial charge in [-0.05, 0) is 48.0 Å². The second-order valence-electron chi connectivity index (χ2n) is 6.79. The van der Waals surface area contributed by atoms with E-state index in [9.17, 15) is 13.2 Å². The summed E-state index contributed by atoms with van der Waals surface area (Å²) in [6.07, 6.45) is 0. The third-order valence-corrected chi connectivity index (χ3v) is 6.54. The molecule has 0 bridgehead atoms. The lowest BCUT2D eigenvalue weighted by atomic mass is 10.1. The summed E-state index contributed by atoms with van der Waals surface area (Å²) in [5.41, 5.74) is 1.66. The van der Waals surface area contributed by atoms with Crippen molar-refractivity contribution < 1.29 is 22.7 Å². The molecule has 3 aromatic carbocycles. The minimum absolute atomic E-state index is 0.142. The number of benzene rings is 3. The molecule has 162 valence electrons. The third-order valence-electron chi connectivity index (χ3n) is 4.72. The highest BCUT2D eigenvalue weighted by molar-refractivity contribution is 7.89. The van der Waals surface area contributed by atoms with Crippen molar-refractivity contribution in [1.82, 2.24) is 4.31 Å². The number of hydrogen-bond acceptors (Lipinski definition) is 5. The number of carbonyl (C=O) groups excluding carboxylic acids is 1. The van der Waals surface area contributed by atoms with Crippen molar-refractivity contribution in [3.05, 3.63) is 83.9 Å². The molecule has 31 heavy (non-hydrogen) atoms. The molecular formula is C23H24N2O5S. The Balaban J connectivity index is 1.75. The molecule has 0 atom stereocenters. The monoisotopic (exact) mass is 440 g/mol. The Morgan fingerprint density at radius 1 is 0.935 bits per heavy atom. The van der Waals surface area contributed by atoms with Crippen LogP contribution in [0.25, 0.3) is 0 Å². The lowest BCUT2D eigenvalue weighted by Crippen LogP contribution is -2.26. The summed E-state index contributed by atoms with van der Waals surface area (Å²) in [5, 5.41) is 2.75. The average molecular weight is 441 g/mol. The van der Waals surface area contributed by atoms with Gasteiger partial charge in [-0.1, -0.05) is 30.3 Å². The van der Waals surface area contributed by atoms with Gasteiger partial charge < -0.3 is 14.8 Å². The van der Waals surface area contributed by atoms with Gasteiger partial charge in [0.15, 0.2) is 0 Å². The van der Waals surface area contributed by atoms with Gasteiger partial charge >= 0.3 is 0 Å². The highest BCUT2D eigenvalue weighted by atomic mass is 32.2. The van der Waals surface area contributed by atoms with Crippen LogP contribution in [0.2, 0.25) is 0 Å². The van der Waals surface area contributed by atoms with E-state index in [0.717, 1.165) is 5.56 Å². The van der Waals surface area contributed by atoms with Crippen molar-refractivity contribution in [1.29, 1.82) is 0 Å². The Morgan fingerprint density at radius 3 is 2.23 bits per heavy atom. The van der Waals surface area contributed by atoms with E-state index in [1.807, 2.05) is 30.3 Å².